The van der Waals surface area contributed by atoms with Gasteiger partial charge >= 0.3 is 0 Å². The topological polar surface area (TPSA) is 58.2 Å². The van der Waals surface area contributed by atoms with Crippen LogP contribution in [0.5, 0.6) is 0 Å². The van der Waals surface area contributed by atoms with Crippen molar-refractivity contribution in [2.24, 2.45) is 17.8 Å². The Morgan fingerprint density at radius 3 is 2.43 bits per heavy atom. The molecule has 0 aromatic carbocycles. The first-order chi connectivity index (χ1) is 9.90. The molecule has 21 heavy (non-hydrogen) atoms. The average molecular weight is 296 g/mol. The van der Waals surface area contributed by atoms with Gasteiger partial charge in [-0.1, -0.05) is 40.5 Å². The fourth-order valence-corrected chi connectivity index (χ4v) is 2.88. The van der Waals surface area contributed by atoms with Gasteiger partial charge < -0.3 is 10.6 Å². The van der Waals surface area contributed by atoms with Gasteiger partial charge in [0.15, 0.2) is 0 Å². The standard InChI is InChI=1S/C17H32N2O2/c1-12(2)10-11-18-16(20)8-9-17(21)19-15-7-5-6-13(3)14(15)4/h12-15H,5-11H2,1-4H3,(H,18,20)(H,19,21)/t13-,14-,15+/m0/s1. The molecule has 0 unspecified atom stereocenters. The molecule has 0 radical (unpaired) electrons. The number of nitrogens with one attached hydrogen (secondary N) is 2. The summed E-state index contributed by atoms with van der Waals surface area (Å²) in [6.45, 7) is 9.44. The van der Waals surface area contributed by atoms with Crippen molar-refractivity contribution in [3.8, 4) is 0 Å². The summed E-state index contributed by atoms with van der Waals surface area (Å²) in [6.07, 6.45) is 5.08. The van der Waals surface area contributed by atoms with Crippen LogP contribution in [-0.4, -0.2) is 24.4 Å². The second-order valence-electron chi connectivity index (χ2n) is 6.97. The number of hydrogen-bond acceptors (Lipinski definition) is 2. The highest BCUT2D eigenvalue weighted by Crippen LogP contribution is 2.29. The van der Waals surface area contributed by atoms with Crippen LogP contribution >= 0.6 is 0 Å². The molecule has 122 valence electrons. The van der Waals surface area contributed by atoms with E-state index in [9.17, 15) is 9.59 Å². The van der Waals surface area contributed by atoms with Crippen LogP contribution in [0, 0.1) is 17.8 Å². The zero-order chi connectivity index (χ0) is 15.8. The van der Waals surface area contributed by atoms with Crippen LogP contribution in [0.1, 0.15) is 66.2 Å². The summed E-state index contributed by atoms with van der Waals surface area (Å²) >= 11 is 0. The Balaban J connectivity index is 2.20. The fraction of sp³-hybridized carbons (Fsp3) is 0.882. The van der Waals surface area contributed by atoms with Crippen LogP contribution in [0.3, 0.4) is 0 Å². The van der Waals surface area contributed by atoms with Crippen molar-refractivity contribution in [1.29, 1.82) is 0 Å². The third kappa shape index (κ3) is 6.96. The Labute approximate surface area is 129 Å². The molecule has 0 saturated heterocycles. The molecule has 0 spiro atoms. The minimum absolute atomic E-state index is 0.0139. The van der Waals surface area contributed by atoms with E-state index in [1.165, 1.54) is 12.8 Å². The summed E-state index contributed by atoms with van der Waals surface area (Å²) in [4.78, 5) is 23.6. The molecule has 1 saturated carbocycles. The zero-order valence-corrected chi connectivity index (χ0v) is 14.1. The van der Waals surface area contributed by atoms with Crippen molar-refractivity contribution < 1.29 is 9.59 Å². The summed E-state index contributed by atoms with van der Waals surface area (Å²) in [5.41, 5.74) is 0. The molecule has 1 aliphatic rings. The van der Waals surface area contributed by atoms with Crippen LogP contribution in [0.15, 0.2) is 0 Å². The second-order valence-corrected chi connectivity index (χ2v) is 6.97. The predicted molar refractivity (Wildman–Crippen MR) is 85.8 cm³/mol. The number of carbonyl (C=O) groups excluding carboxylic acids is 2. The minimum Gasteiger partial charge on any atom is -0.356 e. The van der Waals surface area contributed by atoms with E-state index in [0.29, 0.717) is 37.1 Å². The maximum Gasteiger partial charge on any atom is 0.220 e. The van der Waals surface area contributed by atoms with Crippen LogP contribution in [0.4, 0.5) is 0 Å². The molecule has 1 rings (SSSR count). The van der Waals surface area contributed by atoms with Gasteiger partial charge in [0.2, 0.25) is 11.8 Å². The van der Waals surface area contributed by atoms with E-state index in [4.69, 9.17) is 0 Å². The first kappa shape index (κ1) is 18.0. The quantitative estimate of drug-likeness (QED) is 0.759. The Hall–Kier alpha value is -1.06. The minimum atomic E-state index is -0.0177. The molecule has 4 heteroatoms. The Morgan fingerprint density at radius 2 is 1.76 bits per heavy atom. The molecule has 0 aliphatic heterocycles. The first-order valence-corrected chi connectivity index (χ1v) is 8.46. The van der Waals surface area contributed by atoms with Gasteiger partial charge in [-0.15, -0.1) is 0 Å². The summed E-state index contributed by atoms with van der Waals surface area (Å²) in [6, 6.07) is 0.283. The third-order valence-corrected chi connectivity index (χ3v) is 4.68. The lowest BCUT2D eigenvalue weighted by molar-refractivity contribution is -0.127. The van der Waals surface area contributed by atoms with Gasteiger partial charge in [0.05, 0.1) is 0 Å². The van der Waals surface area contributed by atoms with Gasteiger partial charge in [-0.05, 0) is 30.6 Å². The predicted octanol–water partition coefficient (Wildman–Crippen LogP) is 2.87. The maximum atomic E-state index is 12.0. The fourth-order valence-electron chi connectivity index (χ4n) is 2.88. The van der Waals surface area contributed by atoms with E-state index >= 15 is 0 Å². The SMILES string of the molecule is CC(C)CCNC(=O)CCC(=O)N[C@@H]1CCC[C@H](C)[C@@H]1C. The molecule has 2 N–H and O–H groups in total. The Bertz CT molecular complexity index is 342. The van der Waals surface area contributed by atoms with E-state index in [1.54, 1.807) is 0 Å². The monoisotopic (exact) mass is 296 g/mol. The van der Waals surface area contributed by atoms with Gasteiger partial charge in [0.1, 0.15) is 0 Å². The van der Waals surface area contributed by atoms with Crippen molar-refractivity contribution in [3.63, 3.8) is 0 Å². The largest absolute Gasteiger partial charge is 0.356 e. The zero-order valence-electron chi connectivity index (χ0n) is 14.1. The number of rotatable bonds is 7. The lowest BCUT2D eigenvalue weighted by Crippen LogP contribution is -2.43. The first-order valence-electron chi connectivity index (χ1n) is 8.46. The van der Waals surface area contributed by atoms with Crippen LogP contribution in [-0.2, 0) is 9.59 Å². The third-order valence-electron chi connectivity index (χ3n) is 4.68. The van der Waals surface area contributed by atoms with Crippen molar-refractivity contribution in [1.82, 2.24) is 10.6 Å². The summed E-state index contributed by atoms with van der Waals surface area (Å²) in [5.74, 6) is 1.78. The van der Waals surface area contributed by atoms with Gasteiger partial charge in [-0.3, -0.25) is 9.59 Å². The molecular formula is C17H32N2O2. The van der Waals surface area contributed by atoms with Gasteiger partial charge in [-0.25, -0.2) is 0 Å². The van der Waals surface area contributed by atoms with Crippen molar-refractivity contribution in [2.75, 3.05) is 6.54 Å². The normalized spacial score (nSPS) is 25.7. The summed E-state index contributed by atoms with van der Waals surface area (Å²) in [5, 5.41) is 5.98. The van der Waals surface area contributed by atoms with Gasteiger partial charge in [0, 0.05) is 25.4 Å². The van der Waals surface area contributed by atoms with Gasteiger partial charge in [0.25, 0.3) is 0 Å². The van der Waals surface area contributed by atoms with Crippen LogP contribution in [0.2, 0.25) is 0 Å². The lowest BCUT2D eigenvalue weighted by atomic mass is 9.78. The van der Waals surface area contributed by atoms with E-state index in [-0.39, 0.29) is 17.9 Å². The van der Waals surface area contributed by atoms with E-state index in [0.717, 1.165) is 12.8 Å². The molecule has 1 fully saturated rings. The molecule has 3 atom stereocenters. The van der Waals surface area contributed by atoms with Crippen LogP contribution in [0.25, 0.3) is 0 Å². The number of amides is 2. The highest BCUT2D eigenvalue weighted by atomic mass is 16.2. The average Bonchev–Trinajstić information content (AvgIpc) is 2.41. The molecular weight excluding hydrogens is 264 g/mol. The van der Waals surface area contributed by atoms with Crippen LogP contribution < -0.4 is 10.6 Å². The van der Waals surface area contributed by atoms with Crippen molar-refractivity contribution in [3.05, 3.63) is 0 Å². The molecule has 0 heterocycles. The summed E-state index contributed by atoms with van der Waals surface area (Å²) in [7, 11) is 0. The van der Waals surface area contributed by atoms with E-state index in [2.05, 4.69) is 38.3 Å². The van der Waals surface area contributed by atoms with Crippen molar-refractivity contribution in [2.45, 2.75) is 72.3 Å². The Morgan fingerprint density at radius 1 is 1.10 bits per heavy atom. The van der Waals surface area contributed by atoms with Gasteiger partial charge in [-0.2, -0.15) is 0 Å². The molecule has 2 amide bonds. The molecule has 0 aromatic rings. The number of hydrogen-bond donors (Lipinski definition) is 2. The molecule has 0 bridgehead atoms. The summed E-state index contributed by atoms with van der Waals surface area (Å²) < 4.78 is 0. The molecule has 0 aromatic heterocycles. The highest BCUT2D eigenvalue weighted by Gasteiger charge is 2.27. The maximum absolute atomic E-state index is 12.0. The highest BCUT2D eigenvalue weighted by molar-refractivity contribution is 5.83. The van der Waals surface area contributed by atoms with E-state index < -0.39 is 0 Å². The molecule has 4 nitrogen and oxygen atoms in total. The number of carbonyl (C=O) groups is 2. The van der Waals surface area contributed by atoms with Crippen molar-refractivity contribution >= 4 is 11.8 Å². The lowest BCUT2D eigenvalue weighted by Gasteiger charge is -2.34. The smallest absolute Gasteiger partial charge is 0.220 e. The second kappa shape index (κ2) is 9.06. The van der Waals surface area contributed by atoms with E-state index in [1.807, 2.05) is 0 Å². The molecule has 1 aliphatic carbocycles. The Kier molecular flexibility index (Phi) is 7.76.